The normalized spacial score (nSPS) is 37.4. The first-order valence-electron chi connectivity index (χ1n) is 7.18. The molecule has 0 aliphatic heterocycles. The number of rotatable bonds is 5. The molecule has 2 fully saturated rings. The molecule has 2 aliphatic rings. The molecule has 0 bridgehead atoms. The smallest absolute Gasteiger partial charge is 0.327 e. The largest absolute Gasteiger partial charge is 0.480 e. The van der Waals surface area contributed by atoms with E-state index in [-0.39, 0.29) is 12.3 Å². The highest BCUT2D eigenvalue weighted by Gasteiger charge is 2.75. The van der Waals surface area contributed by atoms with Crippen LogP contribution in [0.4, 0.5) is 4.39 Å². The third-order valence-corrected chi connectivity index (χ3v) is 4.40. The van der Waals surface area contributed by atoms with Crippen LogP contribution < -0.4 is 5.73 Å². The lowest BCUT2D eigenvalue weighted by molar-refractivity contribution is -0.188. The van der Waals surface area contributed by atoms with Gasteiger partial charge in [-0.3, -0.25) is 14.4 Å². The van der Waals surface area contributed by atoms with Crippen LogP contribution in [0.25, 0.3) is 0 Å². The summed E-state index contributed by atoms with van der Waals surface area (Å²) in [5.74, 6) is -5.01. The number of aliphatic carboxylic acids is 1. The molecule has 7 nitrogen and oxygen atoms in total. The number of hydrogen-bond acceptors (Lipinski definition) is 6. The molecule has 0 heterocycles. The Morgan fingerprint density at radius 3 is 2.36 bits per heavy atom. The maximum Gasteiger partial charge on any atom is 0.327 e. The molecule has 2 saturated carbocycles. The molecule has 6 atom stereocenters. The summed E-state index contributed by atoms with van der Waals surface area (Å²) in [7, 11) is 0. The Hall–Kier alpha value is -1.70. The Morgan fingerprint density at radius 1 is 1.27 bits per heavy atom. The molecule has 0 amide bonds. The summed E-state index contributed by atoms with van der Waals surface area (Å²) in [6.45, 7) is 4.67. The third-order valence-electron chi connectivity index (χ3n) is 4.40. The van der Waals surface area contributed by atoms with Gasteiger partial charge in [0.05, 0.1) is 11.8 Å². The molecular weight excluding hydrogens is 297 g/mol. The SMILES string of the molecule is CC(OC(=O)C(C)C)OC(=O)[C@H]1[C@@H]2C[C@H](F)[C@@](N)(C(=O)O)[C@@H]21. The number of nitrogens with two attached hydrogens (primary N) is 1. The molecule has 0 aromatic carbocycles. The molecule has 3 N–H and O–H groups in total. The van der Waals surface area contributed by atoms with Gasteiger partial charge in [-0.25, -0.2) is 4.39 Å². The van der Waals surface area contributed by atoms with E-state index in [1.165, 1.54) is 6.92 Å². The summed E-state index contributed by atoms with van der Waals surface area (Å²) < 4.78 is 23.6. The van der Waals surface area contributed by atoms with E-state index in [1.807, 2.05) is 0 Å². The Kier molecular flexibility index (Phi) is 4.16. The molecular formula is C14H20FNO6. The molecule has 0 spiro atoms. The number of carbonyl (C=O) groups is 3. The maximum absolute atomic E-state index is 13.7. The van der Waals surface area contributed by atoms with Crippen LogP contribution >= 0.6 is 0 Å². The summed E-state index contributed by atoms with van der Waals surface area (Å²) in [4.78, 5) is 34.6. The van der Waals surface area contributed by atoms with Gasteiger partial charge in [-0.1, -0.05) is 13.8 Å². The number of fused-ring (bicyclic) bond motifs is 1. The first-order valence-corrected chi connectivity index (χ1v) is 7.18. The Bertz CT molecular complexity index is 510. The van der Waals surface area contributed by atoms with Crippen molar-refractivity contribution < 1.29 is 33.4 Å². The number of hydrogen-bond donors (Lipinski definition) is 2. The van der Waals surface area contributed by atoms with Crippen molar-refractivity contribution in [2.45, 2.75) is 45.2 Å². The highest BCUT2D eigenvalue weighted by molar-refractivity contribution is 5.86. The monoisotopic (exact) mass is 317 g/mol. The van der Waals surface area contributed by atoms with Crippen molar-refractivity contribution in [3.8, 4) is 0 Å². The molecule has 1 unspecified atom stereocenters. The molecule has 8 heteroatoms. The lowest BCUT2D eigenvalue weighted by Gasteiger charge is -2.25. The number of halogens is 1. The minimum atomic E-state index is -2.05. The molecule has 2 rings (SSSR count). The lowest BCUT2D eigenvalue weighted by Crippen LogP contribution is -2.56. The van der Waals surface area contributed by atoms with Gasteiger partial charge in [0.1, 0.15) is 11.7 Å². The van der Waals surface area contributed by atoms with Crippen molar-refractivity contribution in [2.75, 3.05) is 0 Å². The van der Waals surface area contributed by atoms with Crippen LogP contribution in [0.15, 0.2) is 0 Å². The Morgan fingerprint density at radius 2 is 1.86 bits per heavy atom. The molecule has 22 heavy (non-hydrogen) atoms. The fourth-order valence-corrected chi connectivity index (χ4v) is 3.13. The van der Waals surface area contributed by atoms with Gasteiger partial charge < -0.3 is 20.3 Å². The standard InChI is InChI=1S/C14H20FNO6/c1-5(2)11(17)21-6(3)22-12(18)9-7-4-8(15)14(16,10(7)9)13(19)20/h5-10H,4,16H2,1-3H3,(H,19,20)/t6?,7-,8-,9-,10-,14-/m0/s1. The van der Waals surface area contributed by atoms with Crippen molar-refractivity contribution in [3.63, 3.8) is 0 Å². The summed E-state index contributed by atoms with van der Waals surface area (Å²) in [5.41, 5.74) is 3.59. The second kappa shape index (κ2) is 5.49. The maximum atomic E-state index is 13.7. The quantitative estimate of drug-likeness (QED) is 0.559. The fourth-order valence-electron chi connectivity index (χ4n) is 3.13. The van der Waals surface area contributed by atoms with Crippen molar-refractivity contribution >= 4 is 17.9 Å². The second-order valence-corrected chi connectivity index (χ2v) is 6.25. The van der Waals surface area contributed by atoms with Crippen molar-refractivity contribution in [3.05, 3.63) is 0 Å². The lowest BCUT2D eigenvalue weighted by atomic mass is 9.90. The zero-order valence-corrected chi connectivity index (χ0v) is 12.6. The van der Waals surface area contributed by atoms with Gasteiger partial charge >= 0.3 is 17.9 Å². The van der Waals surface area contributed by atoms with Gasteiger partial charge in [0, 0.05) is 12.8 Å². The molecule has 0 radical (unpaired) electrons. The number of esters is 2. The number of alkyl halides is 1. The van der Waals surface area contributed by atoms with Gasteiger partial charge in [-0.05, 0) is 12.3 Å². The summed E-state index contributed by atoms with van der Waals surface area (Å²) in [6, 6.07) is 0. The topological polar surface area (TPSA) is 116 Å². The van der Waals surface area contributed by atoms with Gasteiger partial charge in [0.2, 0.25) is 6.29 Å². The first-order chi connectivity index (χ1) is 10.1. The summed E-state index contributed by atoms with van der Waals surface area (Å²) >= 11 is 0. The number of carboxylic acids is 1. The minimum absolute atomic E-state index is 0.0760. The van der Waals surface area contributed by atoms with Crippen molar-refractivity contribution in [1.82, 2.24) is 0 Å². The number of carbonyl (C=O) groups excluding carboxylic acids is 2. The van der Waals surface area contributed by atoms with Crippen molar-refractivity contribution in [2.24, 2.45) is 29.4 Å². The van der Waals surface area contributed by atoms with Gasteiger partial charge in [-0.15, -0.1) is 0 Å². The van der Waals surface area contributed by atoms with E-state index < -0.39 is 53.7 Å². The highest BCUT2D eigenvalue weighted by atomic mass is 19.1. The highest BCUT2D eigenvalue weighted by Crippen LogP contribution is 2.62. The van der Waals surface area contributed by atoms with E-state index in [0.717, 1.165) is 0 Å². The van der Waals surface area contributed by atoms with Crippen LogP contribution in [-0.4, -0.2) is 41.0 Å². The Balaban J connectivity index is 1.94. The van der Waals surface area contributed by atoms with Gasteiger partial charge in [0.15, 0.2) is 0 Å². The summed E-state index contributed by atoms with van der Waals surface area (Å²) in [5, 5.41) is 9.12. The molecule has 0 saturated heterocycles. The van der Waals surface area contributed by atoms with Crippen LogP contribution in [0, 0.1) is 23.7 Å². The fraction of sp³-hybridized carbons (Fsp3) is 0.786. The predicted molar refractivity (Wildman–Crippen MR) is 71.0 cm³/mol. The molecule has 0 aromatic heterocycles. The van der Waals surface area contributed by atoms with E-state index >= 15 is 0 Å². The van der Waals surface area contributed by atoms with E-state index in [4.69, 9.17) is 20.3 Å². The molecule has 0 aromatic rings. The number of ether oxygens (including phenoxy) is 2. The van der Waals surface area contributed by atoms with Crippen LogP contribution in [0.1, 0.15) is 27.2 Å². The second-order valence-electron chi connectivity index (χ2n) is 6.25. The molecule has 2 aliphatic carbocycles. The minimum Gasteiger partial charge on any atom is -0.480 e. The third kappa shape index (κ3) is 2.55. The van der Waals surface area contributed by atoms with Gasteiger partial charge in [-0.2, -0.15) is 0 Å². The molecule has 124 valence electrons. The van der Waals surface area contributed by atoms with Crippen LogP contribution in [0.5, 0.6) is 0 Å². The van der Waals surface area contributed by atoms with Crippen LogP contribution in [-0.2, 0) is 23.9 Å². The van der Waals surface area contributed by atoms with Crippen molar-refractivity contribution in [1.29, 1.82) is 0 Å². The van der Waals surface area contributed by atoms with E-state index in [0.29, 0.717) is 0 Å². The number of carboxylic acid groups (broad SMARTS) is 1. The summed E-state index contributed by atoms with van der Waals surface area (Å²) in [6.07, 6.45) is -2.84. The van der Waals surface area contributed by atoms with Crippen LogP contribution in [0.2, 0.25) is 0 Å². The average Bonchev–Trinajstić information content (AvgIpc) is 3.04. The zero-order chi connectivity index (χ0) is 16.8. The van der Waals surface area contributed by atoms with E-state index in [9.17, 15) is 18.8 Å². The van der Waals surface area contributed by atoms with Crippen LogP contribution in [0.3, 0.4) is 0 Å². The van der Waals surface area contributed by atoms with E-state index in [1.54, 1.807) is 13.8 Å². The zero-order valence-electron chi connectivity index (χ0n) is 12.6. The first kappa shape index (κ1) is 16.7. The Labute approximate surface area is 126 Å². The van der Waals surface area contributed by atoms with E-state index in [2.05, 4.69) is 0 Å². The van der Waals surface area contributed by atoms with Gasteiger partial charge in [0.25, 0.3) is 0 Å². The predicted octanol–water partition coefficient (Wildman–Crippen LogP) is 0.461. The average molecular weight is 317 g/mol.